The Balaban J connectivity index is -0.000000245. The maximum absolute atomic E-state index is 8.30. The van der Waals surface area contributed by atoms with Crippen LogP contribution in [0.25, 0.3) is 0 Å². The summed E-state index contributed by atoms with van der Waals surface area (Å²) in [4.78, 5) is 0. The minimum atomic E-state index is -0.108. The molecule has 52 valence electrons. The quantitative estimate of drug-likeness (QED) is 0.430. The Labute approximate surface area is 70.3 Å². The monoisotopic (exact) mass is 126 g/mol. The van der Waals surface area contributed by atoms with Crippen molar-refractivity contribution in [3.05, 3.63) is 0 Å². The summed E-state index contributed by atoms with van der Waals surface area (Å²) >= 11 is 0. The average Bonchev–Trinajstić information content (AvgIpc) is 1.59. The van der Waals surface area contributed by atoms with Crippen LogP contribution in [-0.4, -0.2) is 23.9 Å². The van der Waals surface area contributed by atoms with Gasteiger partial charge in [-0.05, 0) is 20.8 Å². The fraction of sp³-hybridized carbons (Fsp3) is 1.00. The molecule has 0 aliphatic heterocycles. The summed E-state index contributed by atoms with van der Waals surface area (Å²) in [6.45, 7) is 6.43. The molecule has 0 radical (unpaired) electrons. The van der Waals surface area contributed by atoms with Crippen molar-refractivity contribution in [2.45, 2.75) is 26.4 Å². The van der Waals surface area contributed by atoms with E-state index in [1.54, 1.807) is 0 Å². The molecule has 0 amide bonds. The molecule has 0 saturated carbocycles. The second-order valence-corrected chi connectivity index (χ2v) is 2.68. The van der Waals surface area contributed by atoms with E-state index in [2.05, 4.69) is 0 Å². The van der Waals surface area contributed by atoms with E-state index in [1.807, 2.05) is 20.8 Å². The molecule has 0 rings (SSSR count). The molecule has 0 fully saturated rings. The summed E-state index contributed by atoms with van der Waals surface area (Å²) in [7, 11) is 0. The van der Waals surface area contributed by atoms with Gasteiger partial charge in [0.25, 0.3) is 0 Å². The van der Waals surface area contributed by atoms with Gasteiger partial charge in [-0.15, -0.1) is 0 Å². The molecule has 1 N–H and O–H groups in total. The molecule has 3 heteroatoms. The molecule has 0 spiro atoms. The number of rotatable bonds is 2. The van der Waals surface area contributed by atoms with Crippen molar-refractivity contribution in [2.24, 2.45) is 0 Å². The Hall–Kier alpha value is 0.517. The summed E-state index contributed by atoms with van der Waals surface area (Å²) in [5, 5.41) is 8.30. The average molecular weight is 126 g/mol. The van der Waals surface area contributed by atoms with E-state index in [1.165, 1.54) is 0 Å². The second kappa shape index (κ2) is 5.31. The van der Waals surface area contributed by atoms with Crippen LogP contribution in [0, 0.1) is 0 Å². The van der Waals surface area contributed by atoms with E-state index in [4.69, 9.17) is 9.84 Å². The van der Waals surface area contributed by atoms with Crippen LogP contribution in [0.3, 0.4) is 0 Å². The van der Waals surface area contributed by atoms with Crippen LogP contribution in [0.4, 0.5) is 0 Å². The van der Waals surface area contributed by atoms with E-state index in [0.717, 1.165) is 0 Å². The van der Waals surface area contributed by atoms with Crippen LogP contribution in [0.15, 0.2) is 0 Å². The maximum atomic E-state index is 8.30. The first kappa shape index (κ1) is 12.2. The number of ether oxygens (including phenoxy) is 1. The van der Waals surface area contributed by atoms with Crippen LogP contribution >= 0.6 is 0 Å². The first-order chi connectivity index (χ1) is 3.56. The fourth-order valence-corrected chi connectivity index (χ4v) is 0.352. The SMILES string of the molecule is CC(C)(C)OCCO.[H-].[Li+]. The predicted octanol–water partition coefficient (Wildman–Crippen LogP) is -2.09. The Morgan fingerprint density at radius 3 is 2.00 bits per heavy atom. The Kier molecular flexibility index (Phi) is 7.21. The third-order valence-electron chi connectivity index (χ3n) is 0.626. The molecule has 0 aromatic rings. The minimum absolute atomic E-state index is 0. The molecule has 0 aromatic heterocycles. The second-order valence-electron chi connectivity index (χ2n) is 2.68. The van der Waals surface area contributed by atoms with E-state index < -0.39 is 0 Å². The van der Waals surface area contributed by atoms with Crippen molar-refractivity contribution in [2.75, 3.05) is 13.2 Å². The van der Waals surface area contributed by atoms with Gasteiger partial charge in [-0.25, -0.2) is 0 Å². The summed E-state index contributed by atoms with van der Waals surface area (Å²) in [6, 6.07) is 0. The van der Waals surface area contributed by atoms with Crippen molar-refractivity contribution in [1.82, 2.24) is 0 Å². The van der Waals surface area contributed by atoms with E-state index >= 15 is 0 Å². The van der Waals surface area contributed by atoms with Crippen LogP contribution < -0.4 is 18.9 Å². The molecule has 0 heterocycles. The van der Waals surface area contributed by atoms with Crippen molar-refractivity contribution in [3.8, 4) is 0 Å². The van der Waals surface area contributed by atoms with Gasteiger partial charge >= 0.3 is 18.9 Å². The minimum Gasteiger partial charge on any atom is -1.00 e. The molecule has 2 nitrogen and oxygen atoms in total. The van der Waals surface area contributed by atoms with Crippen molar-refractivity contribution in [3.63, 3.8) is 0 Å². The van der Waals surface area contributed by atoms with Gasteiger partial charge in [0.05, 0.1) is 18.8 Å². The van der Waals surface area contributed by atoms with Crippen LogP contribution in [0.2, 0.25) is 0 Å². The van der Waals surface area contributed by atoms with Gasteiger partial charge in [0.2, 0.25) is 0 Å². The maximum Gasteiger partial charge on any atom is 1.00 e. The predicted molar refractivity (Wildman–Crippen MR) is 33.9 cm³/mol. The summed E-state index contributed by atoms with van der Waals surface area (Å²) < 4.78 is 5.13. The smallest absolute Gasteiger partial charge is 1.00 e. The van der Waals surface area contributed by atoms with Crippen LogP contribution in [0.1, 0.15) is 22.2 Å². The van der Waals surface area contributed by atoms with E-state index in [0.29, 0.717) is 6.61 Å². The Bertz CT molecular complexity index is 63.3. The largest absolute Gasteiger partial charge is 1.00 e. The first-order valence-electron chi connectivity index (χ1n) is 2.81. The fourth-order valence-electron chi connectivity index (χ4n) is 0.352. The summed E-state index contributed by atoms with van der Waals surface area (Å²) in [6.07, 6.45) is 0. The van der Waals surface area contributed by atoms with Gasteiger partial charge in [0.1, 0.15) is 0 Å². The van der Waals surface area contributed by atoms with Crippen molar-refractivity contribution >= 4 is 0 Å². The standard InChI is InChI=1S/C6H14O2.Li.H/c1-6(2,3)8-5-4-7;;/h7H,4-5H2,1-3H3;;/q;+1;-1. The van der Waals surface area contributed by atoms with E-state index in [-0.39, 0.29) is 32.5 Å². The topological polar surface area (TPSA) is 29.5 Å². The van der Waals surface area contributed by atoms with Gasteiger partial charge in [-0.1, -0.05) is 0 Å². The molecule has 0 saturated heterocycles. The summed E-state index contributed by atoms with van der Waals surface area (Å²) in [5.74, 6) is 0. The van der Waals surface area contributed by atoms with Crippen molar-refractivity contribution < 1.29 is 30.1 Å². The molecule has 9 heavy (non-hydrogen) atoms. The van der Waals surface area contributed by atoms with Gasteiger partial charge in [-0.2, -0.15) is 0 Å². The molecule has 0 aromatic carbocycles. The third-order valence-corrected chi connectivity index (χ3v) is 0.626. The third kappa shape index (κ3) is 11.9. The zero-order valence-electron chi connectivity index (χ0n) is 7.77. The molecule has 0 bridgehead atoms. The zero-order chi connectivity index (χ0) is 6.62. The number of aliphatic hydroxyl groups excluding tert-OH is 1. The molecular weight excluding hydrogens is 111 g/mol. The summed E-state index contributed by atoms with van der Waals surface area (Å²) in [5.41, 5.74) is -0.108. The molecule has 0 aliphatic carbocycles. The zero-order valence-corrected chi connectivity index (χ0v) is 6.77. The Morgan fingerprint density at radius 1 is 1.44 bits per heavy atom. The molecule has 0 atom stereocenters. The van der Waals surface area contributed by atoms with Gasteiger partial charge in [-0.3, -0.25) is 0 Å². The molecular formula is C6H15LiO2. The van der Waals surface area contributed by atoms with E-state index in [9.17, 15) is 0 Å². The van der Waals surface area contributed by atoms with Crippen molar-refractivity contribution in [1.29, 1.82) is 0 Å². The van der Waals surface area contributed by atoms with Gasteiger partial charge in [0, 0.05) is 0 Å². The Morgan fingerprint density at radius 2 is 1.89 bits per heavy atom. The van der Waals surface area contributed by atoms with Gasteiger partial charge < -0.3 is 11.3 Å². The number of aliphatic hydroxyl groups is 1. The molecule has 0 aliphatic rings. The van der Waals surface area contributed by atoms with Gasteiger partial charge in [0.15, 0.2) is 0 Å². The van der Waals surface area contributed by atoms with Crippen LogP contribution in [-0.2, 0) is 4.74 Å². The first-order valence-corrected chi connectivity index (χ1v) is 2.81. The number of hydrogen-bond acceptors (Lipinski definition) is 2. The normalized spacial score (nSPS) is 10.7. The molecule has 0 unspecified atom stereocenters. The van der Waals surface area contributed by atoms with Crippen LogP contribution in [0.5, 0.6) is 0 Å². The number of hydrogen-bond donors (Lipinski definition) is 1.